The summed E-state index contributed by atoms with van der Waals surface area (Å²) in [5, 5.41) is 7.06. The molecule has 0 radical (unpaired) electrons. The van der Waals surface area contributed by atoms with Gasteiger partial charge in [0.1, 0.15) is 18.1 Å². The molecule has 6 nitrogen and oxygen atoms in total. The summed E-state index contributed by atoms with van der Waals surface area (Å²) >= 11 is 0. The smallest absolute Gasteiger partial charge is 0.271 e. The molecule has 1 amide bonds. The van der Waals surface area contributed by atoms with E-state index in [-0.39, 0.29) is 17.2 Å². The van der Waals surface area contributed by atoms with Crippen LogP contribution in [0.5, 0.6) is 5.75 Å². The Labute approximate surface area is 186 Å². The lowest BCUT2D eigenvalue weighted by molar-refractivity contribution is 0.0943. The molecule has 6 heteroatoms. The van der Waals surface area contributed by atoms with Gasteiger partial charge in [0.25, 0.3) is 11.5 Å². The highest BCUT2D eigenvalue weighted by Crippen LogP contribution is 2.14. The molecule has 0 aliphatic carbocycles. The second-order valence-electron chi connectivity index (χ2n) is 7.30. The van der Waals surface area contributed by atoms with E-state index in [0.717, 1.165) is 22.4 Å². The van der Waals surface area contributed by atoms with Gasteiger partial charge in [-0.3, -0.25) is 9.59 Å². The molecule has 0 bridgehead atoms. The first kappa shape index (κ1) is 21.1. The molecule has 1 heterocycles. The van der Waals surface area contributed by atoms with Gasteiger partial charge >= 0.3 is 0 Å². The van der Waals surface area contributed by atoms with Crippen molar-refractivity contribution < 1.29 is 9.53 Å². The minimum atomic E-state index is -0.337. The number of carbonyl (C=O) groups excluding carboxylic acids is 1. The maximum atomic E-state index is 12.5. The van der Waals surface area contributed by atoms with Crippen molar-refractivity contribution in [1.29, 1.82) is 0 Å². The van der Waals surface area contributed by atoms with Crippen LogP contribution in [0.3, 0.4) is 0 Å². The van der Waals surface area contributed by atoms with Gasteiger partial charge in [0.15, 0.2) is 0 Å². The number of ether oxygens (including phenoxy) is 1. The number of hydrogen-bond acceptors (Lipinski definition) is 4. The zero-order chi connectivity index (χ0) is 22.2. The molecule has 0 fully saturated rings. The molecule has 32 heavy (non-hydrogen) atoms. The monoisotopic (exact) mass is 425 g/mol. The summed E-state index contributed by atoms with van der Waals surface area (Å²) < 4.78 is 7.08. The third-order valence-corrected chi connectivity index (χ3v) is 4.90. The third kappa shape index (κ3) is 5.70. The standard InChI is InChI=1S/C26H23N3O3/c30-25-16-15-24(28-29(25)18-21-7-3-1-4-8-21)26(31)27-17-20-11-13-23(14-12-20)32-19-22-9-5-2-6-10-22/h1-16H,17-19H2,(H,27,31). The Balaban J connectivity index is 1.33. The largest absolute Gasteiger partial charge is 0.489 e. The molecule has 4 aromatic rings. The maximum absolute atomic E-state index is 12.5. The van der Waals surface area contributed by atoms with Crippen molar-refractivity contribution in [1.82, 2.24) is 15.1 Å². The zero-order valence-corrected chi connectivity index (χ0v) is 17.5. The minimum absolute atomic E-state index is 0.198. The van der Waals surface area contributed by atoms with Crippen LogP contribution in [0.2, 0.25) is 0 Å². The molecule has 1 aromatic heterocycles. The zero-order valence-electron chi connectivity index (χ0n) is 17.5. The van der Waals surface area contributed by atoms with E-state index in [1.54, 1.807) is 0 Å². The van der Waals surface area contributed by atoms with Crippen LogP contribution in [0, 0.1) is 0 Å². The molecule has 0 saturated heterocycles. The Kier molecular flexibility index (Phi) is 6.72. The first-order chi connectivity index (χ1) is 15.7. The van der Waals surface area contributed by atoms with Crippen LogP contribution in [0.15, 0.2) is 102 Å². The third-order valence-electron chi connectivity index (χ3n) is 4.90. The van der Waals surface area contributed by atoms with E-state index in [0.29, 0.717) is 19.7 Å². The lowest BCUT2D eigenvalue weighted by Gasteiger charge is -2.09. The first-order valence-electron chi connectivity index (χ1n) is 10.3. The number of carbonyl (C=O) groups is 1. The fourth-order valence-corrected chi connectivity index (χ4v) is 3.16. The van der Waals surface area contributed by atoms with Gasteiger partial charge in [-0.15, -0.1) is 0 Å². The molecule has 0 atom stereocenters. The number of rotatable bonds is 8. The van der Waals surface area contributed by atoms with Crippen molar-refractivity contribution in [2.45, 2.75) is 19.7 Å². The Hall–Kier alpha value is -4.19. The number of nitrogens with zero attached hydrogens (tertiary/aromatic N) is 2. The molecule has 0 aliphatic heterocycles. The van der Waals surface area contributed by atoms with Gasteiger partial charge in [-0.05, 0) is 34.9 Å². The Morgan fingerprint density at radius 1 is 0.781 bits per heavy atom. The van der Waals surface area contributed by atoms with E-state index in [1.165, 1.54) is 16.8 Å². The summed E-state index contributed by atoms with van der Waals surface area (Å²) in [7, 11) is 0. The second kappa shape index (κ2) is 10.2. The topological polar surface area (TPSA) is 73.2 Å². The lowest BCUT2D eigenvalue weighted by Crippen LogP contribution is -2.29. The molecule has 0 aliphatic rings. The van der Waals surface area contributed by atoms with Gasteiger partial charge in [0, 0.05) is 12.6 Å². The Morgan fingerprint density at radius 3 is 2.12 bits per heavy atom. The van der Waals surface area contributed by atoms with Crippen molar-refractivity contribution in [3.8, 4) is 5.75 Å². The summed E-state index contributed by atoms with van der Waals surface area (Å²) in [4.78, 5) is 24.7. The normalized spacial score (nSPS) is 10.5. The minimum Gasteiger partial charge on any atom is -0.489 e. The van der Waals surface area contributed by atoms with Crippen LogP contribution in [-0.2, 0) is 19.7 Å². The number of amides is 1. The highest BCUT2D eigenvalue weighted by Gasteiger charge is 2.10. The average molecular weight is 425 g/mol. The predicted octanol–water partition coefficient (Wildman–Crippen LogP) is 3.80. The fourth-order valence-electron chi connectivity index (χ4n) is 3.16. The van der Waals surface area contributed by atoms with E-state index in [4.69, 9.17) is 4.74 Å². The summed E-state index contributed by atoms with van der Waals surface area (Å²) in [5.74, 6) is 0.426. The van der Waals surface area contributed by atoms with Crippen molar-refractivity contribution in [2.75, 3.05) is 0 Å². The summed E-state index contributed by atoms with van der Waals surface area (Å²) in [5.41, 5.74) is 2.92. The van der Waals surface area contributed by atoms with Gasteiger partial charge in [0.2, 0.25) is 0 Å². The molecular weight excluding hydrogens is 402 g/mol. The first-order valence-corrected chi connectivity index (χ1v) is 10.3. The fraction of sp³-hybridized carbons (Fsp3) is 0.115. The molecule has 3 aromatic carbocycles. The van der Waals surface area contributed by atoms with E-state index in [1.807, 2.05) is 84.9 Å². The van der Waals surface area contributed by atoms with Gasteiger partial charge in [-0.2, -0.15) is 5.10 Å². The molecule has 0 unspecified atom stereocenters. The SMILES string of the molecule is O=C(NCc1ccc(OCc2ccccc2)cc1)c1ccc(=O)n(Cc2ccccc2)n1. The number of benzene rings is 3. The quantitative estimate of drug-likeness (QED) is 0.466. The van der Waals surface area contributed by atoms with Gasteiger partial charge in [-0.1, -0.05) is 72.8 Å². The molecule has 160 valence electrons. The second-order valence-corrected chi connectivity index (χ2v) is 7.30. The summed E-state index contributed by atoms with van der Waals surface area (Å²) in [6.45, 7) is 1.16. The van der Waals surface area contributed by atoms with Crippen molar-refractivity contribution in [3.63, 3.8) is 0 Å². The van der Waals surface area contributed by atoms with Crippen LogP contribution in [-0.4, -0.2) is 15.7 Å². The molecule has 1 N–H and O–H groups in total. The van der Waals surface area contributed by atoms with E-state index >= 15 is 0 Å². The number of aromatic nitrogens is 2. The Bertz CT molecular complexity index is 1220. The lowest BCUT2D eigenvalue weighted by atomic mass is 10.2. The van der Waals surface area contributed by atoms with E-state index < -0.39 is 0 Å². The van der Waals surface area contributed by atoms with E-state index in [9.17, 15) is 9.59 Å². The van der Waals surface area contributed by atoms with Gasteiger partial charge in [-0.25, -0.2) is 4.68 Å². The number of nitrogens with one attached hydrogen (secondary N) is 1. The van der Waals surface area contributed by atoms with Crippen molar-refractivity contribution >= 4 is 5.91 Å². The Morgan fingerprint density at radius 2 is 1.44 bits per heavy atom. The predicted molar refractivity (Wildman–Crippen MR) is 122 cm³/mol. The summed E-state index contributed by atoms with van der Waals surface area (Å²) in [6.07, 6.45) is 0. The molecule has 0 spiro atoms. The van der Waals surface area contributed by atoms with Crippen LogP contribution >= 0.6 is 0 Å². The molecule has 0 saturated carbocycles. The molecule has 4 rings (SSSR count). The molecular formula is C26H23N3O3. The van der Waals surface area contributed by atoms with Crippen LogP contribution in [0.1, 0.15) is 27.2 Å². The highest BCUT2D eigenvalue weighted by atomic mass is 16.5. The van der Waals surface area contributed by atoms with Crippen LogP contribution in [0.25, 0.3) is 0 Å². The maximum Gasteiger partial charge on any atom is 0.271 e. The van der Waals surface area contributed by atoms with Crippen molar-refractivity contribution in [3.05, 3.63) is 130 Å². The van der Waals surface area contributed by atoms with E-state index in [2.05, 4.69) is 10.4 Å². The van der Waals surface area contributed by atoms with Crippen LogP contribution < -0.4 is 15.6 Å². The number of hydrogen-bond donors (Lipinski definition) is 1. The highest BCUT2D eigenvalue weighted by molar-refractivity contribution is 5.91. The van der Waals surface area contributed by atoms with Crippen LogP contribution in [0.4, 0.5) is 0 Å². The van der Waals surface area contributed by atoms with Gasteiger partial charge in [0.05, 0.1) is 6.54 Å². The summed E-state index contributed by atoms with van der Waals surface area (Å²) in [6, 6.07) is 29.9. The average Bonchev–Trinajstić information content (AvgIpc) is 2.84. The van der Waals surface area contributed by atoms with Crippen molar-refractivity contribution in [2.24, 2.45) is 0 Å². The van der Waals surface area contributed by atoms with Gasteiger partial charge < -0.3 is 10.1 Å².